The molecule has 21 nitrogen and oxygen atoms in total. The molecule has 5 amide bonds. The summed E-state index contributed by atoms with van der Waals surface area (Å²) in [6.07, 6.45) is -1.28. The molecule has 0 saturated carbocycles. The molecular weight excluding hydrogens is 1080 g/mol. The van der Waals surface area contributed by atoms with Gasteiger partial charge in [-0.25, -0.2) is 18.4 Å². The summed E-state index contributed by atoms with van der Waals surface area (Å²) < 4.78 is 85.0. The van der Waals surface area contributed by atoms with Crippen molar-refractivity contribution in [3.63, 3.8) is 0 Å². The van der Waals surface area contributed by atoms with Gasteiger partial charge in [-0.15, -0.1) is 0 Å². The number of aliphatic carboxylic acids is 3. The van der Waals surface area contributed by atoms with Crippen molar-refractivity contribution in [1.82, 2.24) is 25.0 Å². The summed E-state index contributed by atoms with van der Waals surface area (Å²) in [5.41, 5.74) is 7.13. The van der Waals surface area contributed by atoms with E-state index in [0.717, 1.165) is 52.6 Å². The Bertz CT molecular complexity index is 2510. The quantitative estimate of drug-likeness (QED) is 0.0274. The number of hydrogen-bond acceptors (Lipinski definition) is 14. The van der Waals surface area contributed by atoms with E-state index in [9.17, 15) is 61.3 Å². The van der Waals surface area contributed by atoms with E-state index in [4.69, 9.17) is 34.6 Å². The van der Waals surface area contributed by atoms with Crippen molar-refractivity contribution in [3.8, 4) is 11.1 Å². The van der Waals surface area contributed by atoms with E-state index < -0.39 is 77.0 Å². The fourth-order valence-electron chi connectivity index (χ4n) is 7.52. The van der Waals surface area contributed by atoms with Crippen molar-refractivity contribution in [2.45, 2.75) is 77.3 Å². The Balaban J connectivity index is 0.00000219. The normalized spacial score (nSPS) is 13.6. The Hall–Kier alpha value is -6.78. The van der Waals surface area contributed by atoms with Gasteiger partial charge in [0.15, 0.2) is 0 Å². The van der Waals surface area contributed by atoms with E-state index in [2.05, 4.69) is 10.6 Å². The van der Waals surface area contributed by atoms with Gasteiger partial charge in [0.1, 0.15) is 23.7 Å². The molecule has 3 atom stereocenters. The summed E-state index contributed by atoms with van der Waals surface area (Å²) in [4.78, 5) is 97.3. The predicted molar refractivity (Wildman–Crippen MR) is 276 cm³/mol. The van der Waals surface area contributed by atoms with Crippen molar-refractivity contribution in [2.75, 3.05) is 84.0 Å². The summed E-state index contributed by atoms with van der Waals surface area (Å²) in [5.74, 6) is -8.61. The SMILES string of the molecule is CC(C)(C)[C@H](c1cc(-c2cc(F)ccc2F)cn1Cc1ccccc1)N(CC[C@H](N)C(=O)O)C(=O)CSCCC(NC(=O)CCOCCOCCOCCOCCNC(=O)CCN1C(=O)C=CC1=O)C(=O)O.O=C(O)C(F)(F)F. The minimum atomic E-state index is -5.08. The Kier molecular flexibility index (Phi) is 28.3. The van der Waals surface area contributed by atoms with Gasteiger partial charge in [0, 0.05) is 74.2 Å². The highest BCUT2D eigenvalue weighted by Crippen LogP contribution is 2.41. The number of ether oxygens (including phenoxy) is 4. The maximum absolute atomic E-state index is 15.2. The van der Waals surface area contributed by atoms with E-state index in [1.165, 1.54) is 0 Å². The first-order valence-corrected chi connectivity index (χ1v) is 25.9. The van der Waals surface area contributed by atoms with Crippen LogP contribution in [0.5, 0.6) is 0 Å². The zero-order valence-corrected chi connectivity index (χ0v) is 44.7. The number of hydrogen-bond donors (Lipinski definition) is 6. The van der Waals surface area contributed by atoms with Crippen molar-refractivity contribution in [3.05, 3.63) is 95.8 Å². The molecule has 0 saturated heterocycles. The number of alkyl halides is 3. The number of carboxylic acid groups (broad SMARTS) is 3. The maximum atomic E-state index is 15.2. The van der Waals surface area contributed by atoms with Gasteiger partial charge >= 0.3 is 24.1 Å². The largest absolute Gasteiger partial charge is 0.490 e. The van der Waals surface area contributed by atoms with Crippen LogP contribution in [0, 0.1) is 17.0 Å². The monoisotopic (exact) mass is 1140 g/mol. The van der Waals surface area contributed by atoms with Crippen LogP contribution in [0.4, 0.5) is 22.0 Å². The number of nitrogens with one attached hydrogen (secondary N) is 2. The second-order valence-electron chi connectivity index (χ2n) is 18.5. The zero-order valence-electron chi connectivity index (χ0n) is 43.8. The Labute approximate surface area is 456 Å². The first kappa shape index (κ1) is 66.5. The lowest BCUT2D eigenvalue weighted by atomic mass is 9.82. The number of halogens is 5. The summed E-state index contributed by atoms with van der Waals surface area (Å²) in [6.45, 7) is 8.06. The van der Waals surface area contributed by atoms with Gasteiger partial charge < -0.3 is 60.1 Å². The van der Waals surface area contributed by atoms with Crippen LogP contribution in [0.15, 0.2) is 72.9 Å². The van der Waals surface area contributed by atoms with Crippen LogP contribution >= 0.6 is 11.8 Å². The highest BCUT2D eigenvalue weighted by atomic mass is 32.2. The van der Waals surface area contributed by atoms with Crippen LogP contribution < -0.4 is 16.4 Å². The van der Waals surface area contributed by atoms with Crippen molar-refractivity contribution in [2.24, 2.45) is 11.1 Å². The number of carbonyl (C=O) groups excluding carboxylic acids is 5. The Morgan fingerprint density at radius 1 is 0.759 bits per heavy atom. The molecule has 3 aromatic rings. The lowest BCUT2D eigenvalue weighted by Gasteiger charge is -2.41. The molecule has 1 aromatic heterocycles. The second-order valence-corrected chi connectivity index (χ2v) is 19.6. The van der Waals surface area contributed by atoms with Crippen LogP contribution in [0.2, 0.25) is 0 Å². The highest BCUT2D eigenvalue weighted by Gasteiger charge is 2.39. The third kappa shape index (κ3) is 24.4. The van der Waals surface area contributed by atoms with Gasteiger partial charge in [-0.05, 0) is 53.8 Å². The number of aromatic nitrogens is 1. The molecule has 1 unspecified atom stereocenters. The Morgan fingerprint density at radius 2 is 1.34 bits per heavy atom. The molecule has 0 aliphatic carbocycles. The molecule has 79 heavy (non-hydrogen) atoms. The lowest BCUT2D eigenvalue weighted by Crippen LogP contribution is -2.45. The molecular formula is C52H67F5N6O15S. The third-order valence-electron chi connectivity index (χ3n) is 11.4. The third-order valence-corrected chi connectivity index (χ3v) is 12.3. The standard InChI is InChI=1S/C50H66F2N6O13S.C2HF3O2/c1-50(2,3)47(41-29-35(37-30-36(51)9-10-38(37)52)32-56(41)31-34-7-5-4-6-8-34)58(18-13-39(53)48(64)65)46(63)33-72-28-16-40(49(66)67)55-43(60)15-20-68-22-24-70-26-27-71-25-23-69-21-17-54-42(59)14-19-57-44(61)11-12-45(57)62;3-2(4,5)1(6)7/h4-12,29-30,32,39-40,47H,13-28,31,33,53H2,1-3H3,(H,54,59)(H,55,60)(H,64,65)(H,66,67);(H,6,7)/t39-,40?,47-;/m0./s1. The lowest BCUT2D eigenvalue weighted by molar-refractivity contribution is -0.192. The van der Waals surface area contributed by atoms with Gasteiger partial charge in [0.05, 0.1) is 64.6 Å². The number of thioether (sulfide) groups is 1. The molecule has 2 aromatic carbocycles. The maximum Gasteiger partial charge on any atom is 0.490 e. The molecule has 4 rings (SSSR count). The van der Waals surface area contributed by atoms with Gasteiger partial charge in [-0.3, -0.25) is 33.7 Å². The summed E-state index contributed by atoms with van der Waals surface area (Å²) >= 11 is 1.15. The molecule has 1 aliphatic heterocycles. The average Bonchev–Trinajstić information content (AvgIpc) is 4.08. The van der Waals surface area contributed by atoms with Gasteiger partial charge in [-0.2, -0.15) is 24.9 Å². The highest BCUT2D eigenvalue weighted by molar-refractivity contribution is 7.99. The number of carboxylic acids is 3. The topological polar surface area (TPSA) is 296 Å². The minimum absolute atomic E-state index is 0.00473. The molecule has 0 bridgehead atoms. The van der Waals surface area contributed by atoms with Crippen molar-refractivity contribution >= 4 is 59.2 Å². The van der Waals surface area contributed by atoms with Crippen LogP contribution in [0.25, 0.3) is 11.1 Å². The number of benzene rings is 2. The number of nitrogens with two attached hydrogens (primary N) is 1. The summed E-state index contributed by atoms with van der Waals surface area (Å²) in [7, 11) is 0. The van der Waals surface area contributed by atoms with E-state index in [-0.39, 0.29) is 114 Å². The first-order valence-electron chi connectivity index (χ1n) is 24.8. The predicted octanol–water partition coefficient (Wildman–Crippen LogP) is 4.41. The molecule has 1 aliphatic rings. The minimum Gasteiger partial charge on any atom is -0.480 e. The number of nitrogens with zero attached hydrogens (tertiary/aromatic N) is 3. The van der Waals surface area contributed by atoms with Crippen LogP contribution in [0.3, 0.4) is 0 Å². The van der Waals surface area contributed by atoms with E-state index in [1.807, 2.05) is 55.7 Å². The first-order chi connectivity index (χ1) is 37.3. The number of amides is 5. The molecule has 0 fully saturated rings. The van der Waals surface area contributed by atoms with Crippen molar-refractivity contribution < 1.29 is 94.6 Å². The summed E-state index contributed by atoms with van der Waals surface area (Å²) in [5, 5.41) is 31.8. The molecule has 436 valence electrons. The van der Waals surface area contributed by atoms with Crippen molar-refractivity contribution in [1.29, 1.82) is 0 Å². The molecule has 0 radical (unpaired) electrons. The average molecular weight is 1140 g/mol. The Morgan fingerprint density at radius 3 is 1.90 bits per heavy atom. The fourth-order valence-corrected chi connectivity index (χ4v) is 8.41. The van der Waals surface area contributed by atoms with Crippen LogP contribution in [-0.2, 0) is 63.8 Å². The smallest absolute Gasteiger partial charge is 0.480 e. The van der Waals surface area contributed by atoms with Crippen LogP contribution in [0.1, 0.15) is 63.8 Å². The number of imide groups is 1. The zero-order chi connectivity index (χ0) is 58.7. The molecule has 7 N–H and O–H groups in total. The van der Waals surface area contributed by atoms with E-state index in [0.29, 0.717) is 31.0 Å². The van der Waals surface area contributed by atoms with E-state index >= 15 is 4.39 Å². The summed E-state index contributed by atoms with van der Waals surface area (Å²) in [6, 6.07) is 11.1. The van der Waals surface area contributed by atoms with E-state index in [1.54, 1.807) is 17.2 Å². The van der Waals surface area contributed by atoms with Gasteiger partial charge in [0.2, 0.25) is 17.7 Å². The number of rotatable bonds is 34. The fraction of sp³-hybridized carbons (Fsp3) is 0.500. The van der Waals surface area contributed by atoms with Gasteiger partial charge in [-0.1, -0.05) is 51.1 Å². The van der Waals surface area contributed by atoms with Gasteiger partial charge in [0.25, 0.3) is 11.8 Å². The molecule has 27 heteroatoms. The second kappa shape index (κ2) is 33.6. The number of carbonyl (C=O) groups is 8. The molecule has 2 heterocycles. The van der Waals surface area contributed by atoms with Crippen LogP contribution in [-0.4, -0.2) is 179 Å². The molecule has 0 spiro atoms.